The predicted octanol–water partition coefficient (Wildman–Crippen LogP) is 0.325. The summed E-state index contributed by atoms with van der Waals surface area (Å²) in [5.74, 6) is 0.270. The SMILES string of the molecule is CC(NC(=O)c1ccc(C(N)=S)cn1)c1ncn[nH]1. The monoisotopic (exact) mass is 276 g/mol. The number of thiocarbonyl (C=S) groups is 1. The number of nitrogens with one attached hydrogen (secondary N) is 2. The summed E-state index contributed by atoms with van der Waals surface area (Å²) in [6.07, 6.45) is 2.85. The smallest absolute Gasteiger partial charge is 0.270 e. The Morgan fingerprint density at radius 1 is 1.47 bits per heavy atom. The molecule has 2 aromatic rings. The van der Waals surface area contributed by atoms with Crippen LogP contribution in [0.25, 0.3) is 0 Å². The molecular formula is C11H12N6OS. The lowest BCUT2D eigenvalue weighted by Crippen LogP contribution is -2.28. The largest absolute Gasteiger partial charge is 0.389 e. The number of carbonyl (C=O) groups is 1. The van der Waals surface area contributed by atoms with Crippen molar-refractivity contribution in [3.05, 3.63) is 41.7 Å². The van der Waals surface area contributed by atoms with Crippen molar-refractivity contribution in [3.8, 4) is 0 Å². The van der Waals surface area contributed by atoms with Gasteiger partial charge in [0, 0.05) is 11.8 Å². The summed E-state index contributed by atoms with van der Waals surface area (Å²) in [6.45, 7) is 1.79. The number of amides is 1. The van der Waals surface area contributed by atoms with E-state index < -0.39 is 0 Å². The quantitative estimate of drug-likeness (QED) is 0.694. The number of aromatic amines is 1. The molecule has 19 heavy (non-hydrogen) atoms. The second-order valence-electron chi connectivity index (χ2n) is 3.86. The zero-order valence-electron chi connectivity index (χ0n) is 10.1. The topological polar surface area (TPSA) is 110 Å². The summed E-state index contributed by atoms with van der Waals surface area (Å²) in [4.78, 5) is 20.1. The molecule has 7 nitrogen and oxygen atoms in total. The molecule has 2 heterocycles. The highest BCUT2D eigenvalue weighted by Crippen LogP contribution is 2.06. The lowest BCUT2D eigenvalue weighted by atomic mass is 10.2. The van der Waals surface area contributed by atoms with Gasteiger partial charge >= 0.3 is 0 Å². The number of nitrogens with two attached hydrogens (primary N) is 1. The fraction of sp³-hybridized carbons (Fsp3) is 0.182. The third kappa shape index (κ3) is 3.10. The number of hydrogen-bond donors (Lipinski definition) is 3. The summed E-state index contributed by atoms with van der Waals surface area (Å²) in [5.41, 5.74) is 6.36. The molecule has 2 rings (SSSR count). The van der Waals surface area contributed by atoms with E-state index in [1.54, 1.807) is 19.1 Å². The Hall–Kier alpha value is -2.35. The molecule has 0 radical (unpaired) electrons. The van der Waals surface area contributed by atoms with E-state index in [0.717, 1.165) is 0 Å². The van der Waals surface area contributed by atoms with Crippen molar-refractivity contribution in [2.45, 2.75) is 13.0 Å². The van der Waals surface area contributed by atoms with Gasteiger partial charge in [-0.05, 0) is 19.1 Å². The van der Waals surface area contributed by atoms with Crippen LogP contribution in [0.3, 0.4) is 0 Å². The number of aromatic nitrogens is 4. The first-order valence-electron chi connectivity index (χ1n) is 5.50. The van der Waals surface area contributed by atoms with E-state index in [0.29, 0.717) is 11.4 Å². The van der Waals surface area contributed by atoms with Crippen LogP contribution in [0.4, 0.5) is 0 Å². The lowest BCUT2D eigenvalue weighted by Gasteiger charge is -2.10. The summed E-state index contributed by atoms with van der Waals surface area (Å²) < 4.78 is 0. The Morgan fingerprint density at radius 2 is 2.26 bits per heavy atom. The van der Waals surface area contributed by atoms with Crippen LogP contribution in [0.5, 0.6) is 0 Å². The van der Waals surface area contributed by atoms with Crippen molar-refractivity contribution in [1.29, 1.82) is 0 Å². The zero-order valence-corrected chi connectivity index (χ0v) is 10.9. The van der Waals surface area contributed by atoms with Crippen LogP contribution in [0.15, 0.2) is 24.7 Å². The molecule has 1 unspecified atom stereocenters. The van der Waals surface area contributed by atoms with Gasteiger partial charge in [0.15, 0.2) is 0 Å². The van der Waals surface area contributed by atoms with E-state index in [1.165, 1.54) is 12.5 Å². The minimum absolute atomic E-state index is 0.245. The molecule has 4 N–H and O–H groups in total. The molecule has 0 aromatic carbocycles. The minimum atomic E-state index is -0.307. The van der Waals surface area contributed by atoms with E-state index in [9.17, 15) is 4.79 Å². The molecule has 8 heteroatoms. The first-order valence-corrected chi connectivity index (χ1v) is 5.90. The standard InChI is InChI=1S/C11H12N6OS/c1-6(10-14-5-15-17-10)16-11(18)8-3-2-7(4-13-8)9(12)19/h2-6H,1H3,(H2,12,19)(H,16,18)(H,14,15,17). The molecule has 1 amide bonds. The van der Waals surface area contributed by atoms with E-state index >= 15 is 0 Å². The van der Waals surface area contributed by atoms with Crippen LogP contribution in [-0.4, -0.2) is 31.1 Å². The molecule has 1 atom stereocenters. The Balaban J connectivity index is 2.05. The van der Waals surface area contributed by atoms with Crippen LogP contribution >= 0.6 is 12.2 Å². The van der Waals surface area contributed by atoms with Crippen LogP contribution < -0.4 is 11.1 Å². The maximum absolute atomic E-state index is 11.9. The van der Waals surface area contributed by atoms with E-state index in [1.807, 2.05) is 0 Å². The highest BCUT2D eigenvalue weighted by Gasteiger charge is 2.14. The Morgan fingerprint density at radius 3 is 2.79 bits per heavy atom. The molecule has 0 saturated carbocycles. The van der Waals surface area contributed by atoms with Crippen molar-refractivity contribution >= 4 is 23.1 Å². The molecule has 0 aliphatic carbocycles. The Bertz CT molecular complexity index is 580. The second kappa shape index (κ2) is 5.53. The predicted molar refractivity (Wildman–Crippen MR) is 72.4 cm³/mol. The van der Waals surface area contributed by atoms with E-state index in [2.05, 4.69) is 25.5 Å². The first kappa shape index (κ1) is 13.1. The van der Waals surface area contributed by atoms with E-state index in [-0.39, 0.29) is 22.6 Å². The van der Waals surface area contributed by atoms with Gasteiger partial charge in [-0.15, -0.1) is 0 Å². The zero-order chi connectivity index (χ0) is 13.8. The van der Waals surface area contributed by atoms with Crippen LogP contribution in [-0.2, 0) is 0 Å². The second-order valence-corrected chi connectivity index (χ2v) is 4.30. The van der Waals surface area contributed by atoms with Crippen LogP contribution in [0.1, 0.15) is 34.8 Å². The summed E-state index contributed by atoms with van der Waals surface area (Å²) in [7, 11) is 0. The van der Waals surface area contributed by atoms with Gasteiger partial charge in [0.25, 0.3) is 5.91 Å². The fourth-order valence-corrected chi connectivity index (χ4v) is 1.56. The maximum atomic E-state index is 11.9. The third-order valence-electron chi connectivity index (χ3n) is 2.47. The molecule has 0 fully saturated rings. The van der Waals surface area contributed by atoms with Crippen molar-refractivity contribution in [3.63, 3.8) is 0 Å². The molecule has 0 saturated heterocycles. The van der Waals surface area contributed by atoms with Gasteiger partial charge in [0.1, 0.15) is 22.8 Å². The van der Waals surface area contributed by atoms with Crippen LogP contribution in [0.2, 0.25) is 0 Å². The van der Waals surface area contributed by atoms with Gasteiger partial charge in [-0.25, -0.2) is 4.98 Å². The molecule has 0 bridgehead atoms. The molecule has 0 aliphatic heterocycles. The van der Waals surface area contributed by atoms with Gasteiger partial charge in [-0.1, -0.05) is 12.2 Å². The molecule has 0 aliphatic rings. The average Bonchev–Trinajstić information content (AvgIpc) is 2.92. The fourth-order valence-electron chi connectivity index (χ4n) is 1.44. The average molecular weight is 276 g/mol. The molecule has 0 spiro atoms. The number of H-pyrrole nitrogens is 1. The number of rotatable bonds is 4. The van der Waals surface area contributed by atoms with Gasteiger partial charge in [0.2, 0.25) is 0 Å². The molecule has 2 aromatic heterocycles. The first-order chi connectivity index (χ1) is 9.08. The van der Waals surface area contributed by atoms with Crippen molar-refractivity contribution in [2.24, 2.45) is 5.73 Å². The minimum Gasteiger partial charge on any atom is -0.389 e. The highest BCUT2D eigenvalue weighted by atomic mass is 32.1. The number of carbonyl (C=O) groups excluding carboxylic acids is 1. The lowest BCUT2D eigenvalue weighted by molar-refractivity contribution is 0.0933. The van der Waals surface area contributed by atoms with Crippen molar-refractivity contribution in [1.82, 2.24) is 25.5 Å². The highest BCUT2D eigenvalue weighted by molar-refractivity contribution is 7.80. The van der Waals surface area contributed by atoms with E-state index in [4.69, 9.17) is 18.0 Å². The number of pyridine rings is 1. The van der Waals surface area contributed by atoms with Crippen LogP contribution in [0, 0.1) is 0 Å². The Kier molecular flexibility index (Phi) is 3.81. The summed E-state index contributed by atoms with van der Waals surface area (Å²) >= 11 is 4.81. The van der Waals surface area contributed by atoms with Gasteiger partial charge in [-0.2, -0.15) is 5.10 Å². The molecule has 98 valence electrons. The molecular weight excluding hydrogens is 264 g/mol. The Labute approximate surface area is 114 Å². The number of hydrogen-bond acceptors (Lipinski definition) is 5. The van der Waals surface area contributed by atoms with Crippen molar-refractivity contribution < 1.29 is 4.79 Å². The third-order valence-corrected chi connectivity index (χ3v) is 2.71. The number of nitrogens with zero attached hydrogens (tertiary/aromatic N) is 3. The van der Waals surface area contributed by atoms with Gasteiger partial charge in [-0.3, -0.25) is 14.9 Å². The van der Waals surface area contributed by atoms with Gasteiger partial charge < -0.3 is 11.1 Å². The normalized spacial score (nSPS) is 11.8. The summed E-state index contributed by atoms with van der Waals surface area (Å²) in [6, 6.07) is 2.94. The maximum Gasteiger partial charge on any atom is 0.270 e. The van der Waals surface area contributed by atoms with Gasteiger partial charge in [0.05, 0.1) is 6.04 Å². The summed E-state index contributed by atoms with van der Waals surface area (Å²) in [5, 5.41) is 9.16. The van der Waals surface area contributed by atoms with Crippen molar-refractivity contribution in [2.75, 3.05) is 0 Å².